The van der Waals surface area contributed by atoms with E-state index in [9.17, 15) is 19.8 Å². The second kappa shape index (κ2) is 20.3. The summed E-state index contributed by atoms with van der Waals surface area (Å²) in [5, 5.41) is 9.97. The molecule has 1 aliphatic rings. The van der Waals surface area contributed by atoms with Gasteiger partial charge >= 0.3 is 347 Å². The second-order valence-electron chi connectivity index (χ2n) is 17.6. The Bertz CT molecular complexity index is 2450. The first-order valence-corrected chi connectivity index (χ1v) is 24.4. The van der Waals surface area contributed by atoms with Gasteiger partial charge in [-0.2, -0.15) is 0 Å². The molecule has 0 unspecified atom stereocenters. The second-order valence-corrected chi connectivity index (χ2v) is 21.6. The van der Waals surface area contributed by atoms with Crippen LogP contribution in [0.4, 0.5) is 0 Å². The van der Waals surface area contributed by atoms with Crippen molar-refractivity contribution in [2.45, 2.75) is 116 Å². The maximum absolute atomic E-state index is 13.9. The van der Waals surface area contributed by atoms with E-state index in [1.54, 1.807) is 34.4 Å². The number of fused-ring (bicyclic) bond motifs is 1. The molecule has 3 heterocycles. The van der Waals surface area contributed by atoms with E-state index in [0.717, 1.165) is 29.5 Å². The number of allylic oxidation sites excluding steroid dienone is 4. The van der Waals surface area contributed by atoms with Crippen molar-refractivity contribution in [1.82, 2.24) is 23.8 Å². The Kier molecular flexibility index (Phi) is 15.3. The molecule has 64 heavy (non-hydrogen) atoms. The fraction of sp³-hybridized carbons (Fsp3) is 0.440. The number of methoxy groups -OCH3 is 2. The number of nitrogens with zero attached hydrogens (tertiary/aromatic N) is 6. The predicted octanol–water partition coefficient (Wildman–Crippen LogP) is 9.28. The summed E-state index contributed by atoms with van der Waals surface area (Å²) < 4.78 is 30.5. The first-order chi connectivity index (χ1) is 30.6. The number of nitriles is 1. The van der Waals surface area contributed by atoms with Crippen LogP contribution in [0.1, 0.15) is 97.1 Å². The number of aromatic nitrogens is 4. The Hall–Kier alpha value is -5.19. The molecule has 342 valence electrons. The third kappa shape index (κ3) is 9.88. The zero-order valence-electron chi connectivity index (χ0n) is 38.7. The number of imidazole rings is 1. The molecule has 3 atom stereocenters. The zero-order valence-corrected chi connectivity index (χ0v) is 39.6. The SMILES string of the molecule is COc1ccc(C(OC[C@H]2O[C@@H](n3cnc4c(=O)n(CC=C(C)CCC=C(C)C)cnc43)C[C@@H]2P(O)(O)(CCC#N)N(C(C)C)C(C)C)(c2ccccc2)c2ccc(OC)cc2)cc1. The van der Waals surface area contributed by atoms with Gasteiger partial charge in [-0.15, -0.1) is 0 Å². The van der Waals surface area contributed by atoms with E-state index in [2.05, 4.69) is 37.9 Å². The fourth-order valence-corrected chi connectivity index (χ4v) is 14.3. The summed E-state index contributed by atoms with van der Waals surface area (Å²) in [7, 11) is -1.84. The Morgan fingerprint density at radius 3 is 2.05 bits per heavy atom. The average molecular weight is 893 g/mol. The van der Waals surface area contributed by atoms with E-state index >= 15 is 0 Å². The predicted molar refractivity (Wildman–Crippen MR) is 253 cm³/mol. The Labute approximate surface area is 377 Å². The molecular weight excluding hydrogens is 828 g/mol. The summed E-state index contributed by atoms with van der Waals surface area (Å²) in [6, 6.07) is 26.9. The van der Waals surface area contributed by atoms with Gasteiger partial charge in [0.05, 0.1) is 0 Å². The summed E-state index contributed by atoms with van der Waals surface area (Å²) in [5.41, 5.74) is 2.93. The monoisotopic (exact) mass is 892 g/mol. The quantitative estimate of drug-likeness (QED) is 0.0436. The molecule has 0 bridgehead atoms. The van der Waals surface area contributed by atoms with E-state index in [4.69, 9.17) is 23.9 Å². The molecule has 1 aliphatic heterocycles. The summed E-state index contributed by atoms with van der Waals surface area (Å²) in [6.07, 6.45) is 7.26. The van der Waals surface area contributed by atoms with Crippen molar-refractivity contribution >= 4 is 18.4 Å². The van der Waals surface area contributed by atoms with Gasteiger partial charge < -0.3 is 0 Å². The van der Waals surface area contributed by atoms with Crippen molar-refractivity contribution in [2.24, 2.45) is 0 Å². The van der Waals surface area contributed by atoms with Gasteiger partial charge in [0.1, 0.15) is 0 Å². The Morgan fingerprint density at radius 2 is 1.50 bits per heavy atom. The van der Waals surface area contributed by atoms with Crippen LogP contribution in [-0.2, 0) is 21.6 Å². The third-order valence-corrected chi connectivity index (χ3v) is 17.2. The van der Waals surface area contributed by atoms with E-state index in [1.807, 2.05) is 113 Å². The van der Waals surface area contributed by atoms with Crippen LogP contribution < -0.4 is 15.0 Å². The molecule has 2 N–H and O–H groups in total. The number of hydrogen-bond acceptors (Lipinski definition) is 11. The first-order valence-electron chi connectivity index (χ1n) is 22.1. The first kappa shape index (κ1) is 48.3. The molecule has 1 saturated heterocycles. The molecule has 1 fully saturated rings. The van der Waals surface area contributed by atoms with Gasteiger partial charge in [-0.3, -0.25) is 0 Å². The van der Waals surface area contributed by atoms with Gasteiger partial charge in [0.2, 0.25) is 0 Å². The number of ether oxygens (including phenoxy) is 4. The molecular formula is C50H65N6O7P. The third-order valence-electron chi connectivity index (χ3n) is 12.3. The molecule has 14 heteroatoms. The summed E-state index contributed by atoms with van der Waals surface area (Å²) in [4.78, 5) is 49.9. The van der Waals surface area contributed by atoms with Gasteiger partial charge in [0.15, 0.2) is 0 Å². The number of benzene rings is 3. The van der Waals surface area contributed by atoms with Crippen molar-refractivity contribution in [3.05, 3.63) is 142 Å². The topological polar surface area (TPSA) is 157 Å². The van der Waals surface area contributed by atoms with E-state index in [-0.39, 0.29) is 48.8 Å². The summed E-state index contributed by atoms with van der Waals surface area (Å²) >= 11 is 0. The van der Waals surface area contributed by atoms with Crippen molar-refractivity contribution in [1.29, 1.82) is 5.26 Å². The van der Waals surface area contributed by atoms with Crippen molar-refractivity contribution in [3.63, 3.8) is 0 Å². The minimum absolute atomic E-state index is 0.0842. The number of rotatable bonds is 20. The molecule has 3 aromatic carbocycles. The summed E-state index contributed by atoms with van der Waals surface area (Å²) in [6.45, 7) is 14.2. The normalized spacial score (nSPS) is 17.7. The van der Waals surface area contributed by atoms with Crippen LogP contribution >= 0.6 is 7.21 Å². The van der Waals surface area contributed by atoms with Crippen LogP contribution in [0.15, 0.2) is 120 Å². The minimum atomic E-state index is -5.08. The molecule has 2 aromatic heterocycles. The molecule has 0 radical (unpaired) electrons. The van der Waals surface area contributed by atoms with E-state index < -0.39 is 30.8 Å². The number of hydrogen-bond donors (Lipinski definition) is 2. The average Bonchev–Trinajstić information content (AvgIpc) is 3.92. The molecule has 0 amide bonds. The standard InChI is InChI=1S/C50H65N6O7P/c1-35(2)15-13-16-38(7)27-29-54-33-53-48-47(49(54)57)52-34-55(48)46-31-45(64(58,59,30-14-28-51)56(36(3)4)37(5)6)44(63-46)32-62-50(39-17-11-10-12-18-39,40-19-23-42(60-8)24-20-40)41-21-25-43(61-9)26-22-41/h10-12,15,17-27,33-34,36-37,44-46,58-59H,13-14,16,29-32H2,1-9H3/t44-,45+,46-/m1/s1. The van der Waals surface area contributed by atoms with Crippen molar-refractivity contribution in [3.8, 4) is 17.6 Å². The molecule has 0 spiro atoms. The van der Waals surface area contributed by atoms with E-state index in [0.29, 0.717) is 23.7 Å². The van der Waals surface area contributed by atoms with Crippen LogP contribution in [0.25, 0.3) is 11.2 Å². The van der Waals surface area contributed by atoms with Gasteiger partial charge in [0.25, 0.3) is 0 Å². The molecule has 0 aliphatic carbocycles. The van der Waals surface area contributed by atoms with Crippen LogP contribution in [0.3, 0.4) is 0 Å². The van der Waals surface area contributed by atoms with Gasteiger partial charge in [-0.1, -0.05) is 11.6 Å². The van der Waals surface area contributed by atoms with Gasteiger partial charge in [0, 0.05) is 0 Å². The fourth-order valence-electron chi connectivity index (χ4n) is 9.43. The van der Waals surface area contributed by atoms with Crippen LogP contribution in [0.2, 0.25) is 0 Å². The zero-order chi connectivity index (χ0) is 46.3. The molecule has 5 aromatic rings. The Morgan fingerprint density at radius 1 is 0.906 bits per heavy atom. The maximum atomic E-state index is 13.9. The molecule has 13 nitrogen and oxygen atoms in total. The Balaban J connectivity index is 1.47. The van der Waals surface area contributed by atoms with Crippen molar-refractivity contribution < 1.29 is 28.7 Å². The molecule has 6 rings (SSSR count). The van der Waals surface area contributed by atoms with Crippen molar-refractivity contribution in [2.75, 3.05) is 27.0 Å². The van der Waals surface area contributed by atoms with Crippen LogP contribution in [-0.4, -0.2) is 84.4 Å². The van der Waals surface area contributed by atoms with E-state index in [1.165, 1.54) is 17.5 Å². The van der Waals surface area contributed by atoms with Gasteiger partial charge in [-0.05, 0) is 20.3 Å². The van der Waals surface area contributed by atoms with Crippen LogP contribution in [0.5, 0.6) is 11.5 Å². The van der Waals surface area contributed by atoms with Gasteiger partial charge in [-0.25, -0.2) is 0 Å². The van der Waals surface area contributed by atoms with Crippen LogP contribution in [0, 0.1) is 11.3 Å². The summed E-state index contributed by atoms with van der Waals surface area (Å²) in [5.74, 6) is 1.35. The molecule has 0 saturated carbocycles.